The monoisotopic (exact) mass is 338 g/mol. The van der Waals surface area contributed by atoms with Crippen molar-refractivity contribution in [3.05, 3.63) is 47.4 Å². The number of aromatic nitrogens is 5. The molecule has 0 saturated heterocycles. The summed E-state index contributed by atoms with van der Waals surface area (Å²) >= 11 is 0. The highest BCUT2D eigenvalue weighted by molar-refractivity contribution is 5.52. The Morgan fingerprint density at radius 1 is 1.20 bits per heavy atom. The molecule has 1 fully saturated rings. The highest BCUT2D eigenvalue weighted by Crippen LogP contribution is 2.31. The van der Waals surface area contributed by atoms with E-state index in [4.69, 9.17) is 4.52 Å². The van der Waals surface area contributed by atoms with E-state index in [0.717, 1.165) is 17.8 Å². The summed E-state index contributed by atoms with van der Waals surface area (Å²) in [5, 5.41) is 8.64. The predicted molar refractivity (Wildman–Crippen MR) is 92.5 cm³/mol. The van der Waals surface area contributed by atoms with Crippen LogP contribution in [0.4, 0.5) is 0 Å². The van der Waals surface area contributed by atoms with E-state index in [0.29, 0.717) is 24.3 Å². The van der Waals surface area contributed by atoms with Gasteiger partial charge < -0.3 is 4.52 Å². The van der Waals surface area contributed by atoms with Gasteiger partial charge in [-0.15, -0.1) is 0 Å². The molecule has 0 aliphatic heterocycles. The topological polar surface area (TPSA) is 72.9 Å². The third kappa shape index (κ3) is 3.32. The van der Waals surface area contributed by atoms with Gasteiger partial charge in [0.05, 0.1) is 12.2 Å². The first kappa shape index (κ1) is 16.0. The Bertz CT molecular complexity index is 865. The van der Waals surface area contributed by atoms with Gasteiger partial charge in [-0.1, -0.05) is 5.16 Å². The molecular weight excluding hydrogens is 316 g/mol. The molecule has 0 spiro atoms. The van der Waals surface area contributed by atoms with Crippen LogP contribution in [0.15, 0.2) is 29.0 Å². The van der Waals surface area contributed by atoms with Crippen molar-refractivity contribution in [3.63, 3.8) is 0 Å². The number of aryl methyl sites for hydroxylation is 2. The van der Waals surface area contributed by atoms with Crippen LogP contribution < -0.4 is 0 Å². The third-order valence-electron chi connectivity index (χ3n) is 4.83. The highest BCUT2D eigenvalue weighted by Gasteiger charge is 2.31. The average molecular weight is 338 g/mol. The first-order valence-electron chi connectivity index (χ1n) is 8.58. The summed E-state index contributed by atoms with van der Waals surface area (Å²) in [7, 11) is 1.99. The van der Waals surface area contributed by atoms with E-state index in [1.807, 2.05) is 23.9 Å². The molecule has 130 valence electrons. The second-order valence-corrected chi connectivity index (χ2v) is 6.66. The van der Waals surface area contributed by atoms with Gasteiger partial charge in [0, 0.05) is 48.8 Å². The zero-order valence-electron chi connectivity index (χ0n) is 14.8. The summed E-state index contributed by atoms with van der Waals surface area (Å²) in [5.74, 6) is 1.26. The minimum atomic E-state index is 0.593. The van der Waals surface area contributed by atoms with Crippen molar-refractivity contribution < 1.29 is 4.52 Å². The standard InChI is InChI=1S/C18H22N6O/c1-12-16(13(2)23(3)21-12)10-24(15-4-5-15)11-17-20-18(22-25-17)14-6-8-19-9-7-14/h6-9,15H,4-5,10-11H2,1-3H3. The van der Waals surface area contributed by atoms with E-state index >= 15 is 0 Å². The van der Waals surface area contributed by atoms with Gasteiger partial charge >= 0.3 is 0 Å². The third-order valence-corrected chi connectivity index (χ3v) is 4.83. The molecule has 0 aromatic carbocycles. The predicted octanol–water partition coefficient (Wildman–Crippen LogP) is 2.65. The van der Waals surface area contributed by atoms with Gasteiger partial charge in [-0.3, -0.25) is 14.6 Å². The lowest BCUT2D eigenvalue weighted by atomic mass is 10.2. The summed E-state index contributed by atoms with van der Waals surface area (Å²) in [4.78, 5) is 11.0. The van der Waals surface area contributed by atoms with Crippen LogP contribution >= 0.6 is 0 Å². The number of rotatable bonds is 6. The van der Waals surface area contributed by atoms with E-state index in [2.05, 4.69) is 39.0 Å². The second-order valence-electron chi connectivity index (χ2n) is 6.66. The van der Waals surface area contributed by atoms with E-state index in [9.17, 15) is 0 Å². The molecule has 0 atom stereocenters. The smallest absolute Gasteiger partial charge is 0.241 e. The molecule has 0 radical (unpaired) electrons. The van der Waals surface area contributed by atoms with Crippen LogP contribution in [-0.4, -0.2) is 35.8 Å². The van der Waals surface area contributed by atoms with Crippen molar-refractivity contribution in [2.45, 2.75) is 45.8 Å². The quantitative estimate of drug-likeness (QED) is 0.688. The Labute approximate surface area is 146 Å². The molecule has 0 bridgehead atoms. The molecule has 1 aliphatic carbocycles. The van der Waals surface area contributed by atoms with Gasteiger partial charge in [0.1, 0.15) is 0 Å². The average Bonchev–Trinajstić information content (AvgIpc) is 3.31. The summed E-state index contributed by atoms with van der Waals surface area (Å²) in [6.45, 7) is 5.72. The maximum Gasteiger partial charge on any atom is 0.241 e. The largest absolute Gasteiger partial charge is 0.338 e. The van der Waals surface area contributed by atoms with Crippen LogP contribution in [0.5, 0.6) is 0 Å². The van der Waals surface area contributed by atoms with Gasteiger partial charge in [-0.05, 0) is 38.8 Å². The van der Waals surface area contributed by atoms with Crippen molar-refractivity contribution in [2.24, 2.45) is 7.05 Å². The first-order chi connectivity index (χ1) is 12.1. The molecule has 4 rings (SSSR count). The number of hydrogen-bond donors (Lipinski definition) is 0. The fourth-order valence-electron chi connectivity index (χ4n) is 3.11. The van der Waals surface area contributed by atoms with E-state index < -0.39 is 0 Å². The SMILES string of the molecule is Cc1nn(C)c(C)c1CN(Cc1nc(-c2ccncc2)no1)C1CC1. The molecule has 1 aliphatic rings. The minimum Gasteiger partial charge on any atom is -0.338 e. The molecular formula is C18H22N6O. The zero-order valence-corrected chi connectivity index (χ0v) is 14.8. The van der Waals surface area contributed by atoms with Crippen LogP contribution in [-0.2, 0) is 20.1 Å². The Balaban J connectivity index is 1.52. The van der Waals surface area contributed by atoms with Crippen LogP contribution in [0.25, 0.3) is 11.4 Å². The van der Waals surface area contributed by atoms with Gasteiger partial charge in [0.25, 0.3) is 0 Å². The molecule has 0 unspecified atom stereocenters. The van der Waals surface area contributed by atoms with E-state index in [1.54, 1.807) is 12.4 Å². The van der Waals surface area contributed by atoms with Gasteiger partial charge in [0.15, 0.2) is 0 Å². The number of pyridine rings is 1. The van der Waals surface area contributed by atoms with Crippen molar-refractivity contribution in [3.8, 4) is 11.4 Å². The molecule has 3 aromatic rings. The maximum absolute atomic E-state index is 5.49. The highest BCUT2D eigenvalue weighted by atomic mass is 16.5. The molecule has 7 nitrogen and oxygen atoms in total. The van der Waals surface area contributed by atoms with Crippen molar-refractivity contribution in [2.75, 3.05) is 0 Å². The van der Waals surface area contributed by atoms with Crippen LogP contribution in [0.1, 0.15) is 35.7 Å². The lowest BCUT2D eigenvalue weighted by Gasteiger charge is -2.20. The lowest BCUT2D eigenvalue weighted by molar-refractivity contribution is 0.209. The van der Waals surface area contributed by atoms with Crippen molar-refractivity contribution >= 4 is 0 Å². The van der Waals surface area contributed by atoms with Crippen LogP contribution in [0.3, 0.4) is 0 Å². The van der Waals surface area contributed by atoms with E-state index in [1.165, 1.54) is 24.1 Å². The van der Waals surface area contributed by atoms with Gasteiger partial charge in [0.2, 0.25) is 11.7 Å². The Hall–Kier alpha value is -2.54. The Morgan fingerprint density at radius 2 is 1.96 bits per heavy atom. The fourth-order valence-corrected chi connectivity index (χ4v) is 3.11. The fraction of sp³-hybridized carbons (Fsp3) is 0.444. The molecule has 25 heavy (non-hydrogen) atoms. The summed E-state index contributed by atoms with van der Waals surface area (Å²) in [5.41, 5.74) is 4.52. The summed E-state index contributed by atoms with van der Waals surface area (Å²) < 4.78 is 7.44. The molecule has 7 heteroatoms. The van der Waals surface area contributed by atoms with Gasteiger partial charge in [-0.25, -0.2) is 0 Å². The first-order valence-corrected chi connectivity index (χ1v) is 8.58. The van der Waals surface area contributed by atoms with Crippen molar-refractivity contribution in [1.29, 1.82) is 0 Å². The summed E-state index contributed by atoms with van der Waals surface area (Å²) in [6.07, 6.45) is 5.92. The van der Waals surface area contributed by atoms with Crippen molar-refractivity contribution in [1.82, 2.24) is 29.8 Å². The van der Waals surface area contributed by atoms with Crippen LogP contribution in [0, 0.1) is 13.8 Å². The zero-order chi connectivity index (χ0) is 17.4. The lowest BCUT2D eigenvalue weighted by Crippen LogP contribution is -2.25. The number of hydrogen-bond acceptors (Lipinski definition) is 6. The minimum absolute atomic E-state index is 0.593. The normalized spacial score (nSPS) is 14.4. The van der Waals surface area contributed by atoms with E-state index in [-0.39, 0.29) is 0 Å². The Kier molecular flexibility index (Phi) is 4.09. The molecule has 3 heterocycles. The second kappa shape index (κ2) is 6.40. The van der Waals surface area contributed by atoms with Crippen LogP contribution in [0.2, 0.25) is 0 Å². The molecule has 0 N–H and O–H groups in total. The molecule has 3 aromatic heterocycles. The molecule has 0 amide bonds. The van der Waals surface area contributed by atoms with Gasteiger partial charge in [-0.2, -0.15) is 10.1 Å². The molecule has 1 saturated carbocycles. The summed E-state index contributed by atoms with van der Waals surface area (Å²) in [6, 6.07) is 4.36. The number of nitrogens with zero attached hydrogens (tertiary/aromatic N) is 6. The Morgan fingerprint density at radius 3 is 2.60 bits per heavy atom. The maximum atomic E-state index is 5.49.